The van der Waals surface area contributed by atoms with Crippen LogP contribution in [0.1, 0.15) is 5.56 Å². The molecule has 22 heavy (non-hydrogen) atoms. The third kappa shape index (κ3) is 2.57. The van der Waals surface area contributed by atoms with Gasteiger partial charge in [0.2, 0.25) is 0 Å². The van der Waals surface area contributed by atoms with Crippen molar-refractivity contribution in [2.24, 2.45) is 14.1 Å². The van der Waals surface area contributed by atoms with Gasteiger partial charge < -0.3 is 4.98 Å². The van der Waals surface area contributed by atoms with E-state index in [1.54, 1.807) is 7.05 Å². The normalized spacial score (nSPS) is 11.2. The number of halogens is 1. The molecule has 6 nitrogen and oxygen atoms in total. The lowest BCUT2D eigenvalue weighted by Gasteiger charge is -2.00. The minimum atomic E-state index is -0.391. The van der Waals surface area contributed by atoms with Crippen molar-refractivity contribution in [1.29, 1.82) is 0 Å². The SMILES string of the molecule is Cn1c(=O)c2[nH]c(SCc3ccc(Cl)cc3)nc2n(C)c1=O. The molecule has 8 heteroatoms. The van der Waals surface area contributed by atoms with Gasteiger partial charge in [-0.3, -0.25) is 13.9 Å². The number of aromatic amines is 1. The summed E-state index contributed by atoms with van der Waals surface area (Å²) in [5.74, 6) is 0.686. The van der Waals surface area contributed by atoms with Crippen LogP contribution in [0.4, 0.5) is 0 Å². The molecule has 0 saturated heterocycles. The molecule has 0 atom stereocenters. The number of H-pyrrole nitrogens is 1. The molecular formula is C14H13ClN4O2S. The zero-order valence-electron chi connectivity index (χ0n) is 12.0. The van der Waals surface area contributed by atoms with Gasteiger partial charge in [-0.25, -0.2) is 9.78 Å². The van der Waals surface area contributed by atoms with Crippen LogP contribution in [0.2, 0.25) is 5.02 Å². The highest BCUT2D eigenvalue weighted by atomic mass is 35.5. The van der Waals surface area contributed by atoms with Crippen LogP contribution < -0.4 is 11.2 Å². The highest BCUT2D eigenvalue weighted by Gasteiger charge is 2.13. The minimum Gasteiger partial charge on any atom is -0.327 e. The fourth-order valence-electron chi connectivity index (χ4n) is 2.11. The second-order valence-corrected chi connectivity index (χ2v) is 6.26. The maximum atomic E-state index is 12.1. The quantitative estimate of drug-likeness (QED) is 0.741. The molecule has 0 saturated carbocycles. The van der Waals surface area contributed by atoms with Gasteiger partial charge in [-0.15, -0.1) is 0 Å². The highest BCUT2D eigenvalue weighted by molar-refractivity contribution is 7.98. The lowest BCUT2D eigenvalue weighted by atomic mass is 10.2. The molecule has 0 amide bonds. The molecule has 1 aromatic carbocycles. The number of fused-ring (bicyclic) bond motifs is 1. The lowest BCUT2D eigenvalue weighted by molar-refractivity contribution is 0.708. The number of nitrogens with zero attached hydrogens (tertiary/aromatic N) is 3. The molecule has 0 bridgehead atoms. The van der Waals surface area contributed by atoms with E-state index in [1.165, 1.54) is 23.4 Å². The zero-order valence-corrected chi connectivity index (χ0v) is 13.5. The van der Waals surface area contributed by atoms with Crippen molar-refractivity contribution in [1.82, 2.24) is 19.1 Å². The Bertz CT molecular complexity index is 956. The molecule has 0 radical (unpaired) electrons. The smallest absolute Gasteiger partial charge is 0.327 e. The molecule has 114 valence electrons. The summed E-state index contributed by atoms with van der Waals surface area (Å²) in [6.45, 7) is 0. The van der Waals surface area contributed by atoms with Gasteiger partial charge >= 0.3 is 5.69 Å². The van der Waals surface area contributed by atoms with E-state index in [0.29, 0.717) is 27.1 Å². The maximum absolute atomic E-state index is 12.1. The number of aryl methyl sites for hydroxylation is 1. The third-order valence-corrected chi connectivity index (χ3v) is 4.56. The number of aromatic nitrogens is 4. The molecule has 1 N–H and O–H groups in total. The summed E-state index contributed by atoms with van der Waals surface area (Å²) in [7, 11) is 3.05. The minimum absolute atomic E-state index is 0.336. The molecule has 0 spiro atoms. The molecule has 3 rings (SSSR count). The molecule has 0 unspecified atom stereocenters. The van der Waals surface area contributed by atoms with E-state index in [4.69, 9.17) is 11.6 Å². The monoisotopic (exact) mass is 336 g/mol. The van der Waals surface area contributed by atoms with E-state index in [2.05, 4.69) is 9.97 Å². The molecule has 3 aromatic rings. The Morgan fingerprint density at radius 3 is 2.55 bits per heavy atom. The summed E-state index contributed by atoms with van der Waals surface area (Å²) in [6, 6.07) is 7.53. The van der Waals surface area contributed by atoms with Crippen LogP contribution in [0, 0.1) is 0 Å². The van der Waals surface area contributed by atoms with Gasteiger partial charge in [-0.1, -0.05) is 35.5 Å². The number of hydrogen-bond donors (Lipinski definition) is 1. The first-order valence-electron chi connectivity index (χ1n) is 6.50. The summed E-state index contributed by atoms with van der Waals surface area (Å²) in [4.78, 5) is 31.3. The van der Waals surface area contributed by atoms with Crippen molar-refractivity contribution in [2.45, 2.75) is 10.9 Å². The van der Waals surface area contributed by atoms with Gasteiger partial charge in [0, 0.05) is 24.9 Å². The van der Waals surface area contributed by atoms with Crippen molar-refractivity contribution < 1.29 is 0 Å². The fourth-order valence-corrected chi connectivity index (χ4v) is 3.05. The third-order valence-electron chi connectivity index (χ3n) is 3.36. The molecule has 0 aliphatic heterocycles. The van der Waals surface area contributed by atoms with Crippen LogP contribution in [0.3, 0.4) is 0 Å². The van der Waals surface area contributed by atoms with Crippen LogP contribution >= 0.6 is 23.4 Å². The van der Waals surface area contributed by atoms with Crippen LogP contribution in [0.15, 0.2) is 39.0 Å². The predicted molar refractivity (Wildman–Crippen MR) is 87.6 cm³/mol. The molecule has 2 heterocycles. The number of benzene rings is 1. The van der Waals surface area contributed by atoms with E-state index in [9.17, 15) is 9.59 Å². The average molecular weight is 337 g/mol. The highest BCUT2D eigenvalue weighted by Crippen LogP contribution is 2.22. The fraction of sp³-hybridized carbons (Fsp3) is 0.214. The topological polar surface area (TPSA) is 72.7 Å². The van der Waals surface area contributed by atoms with E-state index < -0.39 is 5.69 Å². The van der Waals surface area contributed by atoms with Crippen molar-refractivity contribution in [3.05, 3.63) is 55.7 Å². The Balaban J connectivity index is 1.94. The number of rotatable bonds is 3. The maximum Gasteiger partial charge on any atom is 0.332 e. The number of hydrogen-bond acceptors (Lipinski definition) is 4. The summed E-state index contributed by atoms with van der Waals surface area (Å²) < 4.78 is 2.42. The van der Waals surface area contributed by atoms with E-state index >= 15 is 0 Å². The number of nitrogens with one attached hydrogen (secondary N) is 1. The second kappa shape index (κ2) is 5.66. The van der Waals surface area contributed by atoms with Crippen LogP contribution in [-0.4, -0.2) is 19.1 Å². The lowest BCUT2D eigenvalue weighted by Crippen LogP contribution is -2.36. The summed E-state index contributed by atoms with van der Waals surface area (Å²) in [5, 5.41) is 1.29. The molecule has 0 aliphatic carbocycles. The standard InChI is InChI=1S/C14H13ClN4O2S/c1-18-11-10(12(20)19(2)14(18)21)16-13(17-11)22-7-8-3-5-9(15)6-4-8/h3-6H,7H2,1-2H3,(H,16,17). The Kier molecular flexibility index (Phi) is 3.84. The van der Waals surface area contributed by atoms with Crippen molar-refractivity contribution >= 4 is 34.5 Å². The Morgan fingerprint density at radius 2 is 1.86 bits per heavy atom. The Hall–Kier alpha value is -1.99. The van der Waals surface area contributed by atoms with Crippen molar-refractivity contribution in [2.75, 3.05) is 0 Å². The molecule has 0 fully saturated rings. The summed E-state index contributed by atoms with van der Waals surface area (Å²) in [5.41, 5.74) is 1.04. The largest absolute Gasteiger partial charge is 0.332 e. The van der Waals surface area contributed by atoms with Gasteiger partial charge in [-0.2, -0.15) is 0 Å². The first kappa shape index (κ1) is 14.9. The van der Waals surface area contributed by atoms with Gasteiger partial charge in [-0.05, 0) is 17.7 Å². The number of thioether (sulfide) groups is 1. The van der Waals surface area contributed by atoms with Gasteiger partial charge in [0.05, 0.1) is 0 Å². The van der Waals surface area contributed by atoms with Gasteiger partial charge in [0.1, 0.15) is 0 Å². The first-order chi connectivity index (χ1) is 10.5. The summed E-state index contributed by atoms with van der Waals surface area (Å²) >= 11 is 7.31. The Morgan fingerprint density at radius 1 is 1.18 bits per heavy atom. The van der Waals surface area contributed by atoms with E-state index in [0.717, 1.165) is 10.1 Å². The van der Waals surface area contributed by atoms with Crippen molar-refractivity contribution in [3.63, 3.8) is 0 Å². The number of imidazole rings is 1. The first-order valence-corrected chi connectivity index (χ1v) is 7.86. The Labute approximate surface area is 134 Å². The second-order valence-electron chi connectivity index (χ2n) is 4.86. The summed E-state index contributed by atoms with van der Waals surface area (Å²) in [6.07, 6.45) is 0. The van der Waals surface area contributed by atoms with E-state index in [-0.39, 0.29) is 5.56 Å². The predicted octanol–water partition coefficient (Wildman–Crippen LogP) is 1.91. The van der Waals surface area contributed by atoms with Crippen LogP contribution in [0.5, 0.6) is 0 Å². The van der Waals surface area contributed by atoms with Crippen molar-refractivity contribution in [3.8, 4) is 0 Å². The molecule has 2 aromatic heterocycles. The molecular weight excluding hydrogens is 324 g/mol. The van der Waals surface area contributed by atoms with Crippen LogP contribution in [0.25, 0.3) is 11.2 Å². The van der Waals surface area contributed by atoms with E-state index in [1.807, 2.05) is 24.3 Å². The zero-order chi connectivity index (χ0) is 15.9. The molecule has 0 aliphatic rings. The van der Waals surface area contributed by atoms with Gasteiger partial charge in [0.25, 0.3) is 5.56 Å². The van der Waals surface area contributed by atoms with Crippen LogP contribution in [-0.2, 0) is 19.8 Å². The van der Waals surface area contributed by atoms with Gasteiger partial charge in [0.15, 0.2) is 16.3 Å². The average Bonchev–Trinajstić information content (AvgIpc) is 2.95.